The van der Waals surface area contributed by atoms with Crippen LogP contribution in [0.5, 0.6) is 0 Å². The number of halogens is 3. The normalized spacial score (nSPS) is 11.6. The van der Waals surface area contributed by atoms with Crippen molar-refractivity contribution in [3.05, 3.63) is 34.2 Å². The van der Waals surface area contributed by atoms with Crippen LogP contribution >= 0.6 is 0 Å². The van der Waals surface area contributed by atoms with E-state index in [1.807, 2.05) is 0 Å². The Bertz CT molecular complexity index is 315. The summed E-state index contributed by atoms with van der Waals surface area (Å²) in [5, 5.41) is 0. The minimum Gasteiger partial charge on any atom is -0.329 e. The van der Waals surface area contributed by atoms with Crippen molar-refractivity contribution in [2.75, 3.05) is 0 Å². The summed E-state index contributed by atoms with van der Waals surface area (Å²) in [6.07, 6.45) is -4.12. The van der Waals surface area contributed by atoms with E-state index in [1.54, 1.807) is 0 Å². The Morgan fingerprint density at radius 1 is 1.42 bits per heavy atom. The first kappa shape index (κ1) is 8.83. The van der Waals surface area contributed by atoms with Crippen LogP contribution in [0.15, 0.2) is 23.1 Å². The molecule has 0 aliphatic carbocycles. The number of hydrogen-bond acceptors (Lipinski definition) is 1. The lowest BCUT2D eigenvalue weighted by Crippen LogP contribution is -2.14. The maximum absolute atomic E-state index is 11.8. The highest BCUT2D eigenvalue weighted by molar-refractivity contribution is 5.10. The van der Waals surface area contributed by atoms with Crippen molar-refractivity contribution in [2.24, 2.45) is 0 Å². The highest BCUT2D eigenvalue weighted by Crippen LogP contribution is 2.19. The number of hydrogen-bond donors (Lipinski definition) is 1. The highest BCUT2D eigenvalue weighted by Gasteiger charge is 2.27. The fourth-order valence-corrected chi connectivity index (χ4v) is 0.830. The predicted molar refractivity (Wildman–Crippen MR) is 36.8 cm³/mol. The van der Waals surface area contributed by atoms with Gasteiger partial charge in [-0.1, -0.05) is 0 Å². The predicted octanol–water partition coefficient (Wildman–Crippen LogP) is 1.48. The number of H-pyrrole nitrogens is 1. The zero-order valence-electron chi connectivity index (χ0n) is 5.98. The molecule has 1 heterocycles. The van der Waals surface area contributed by atoms with Crippen LogP contribution < -0.4 is 5.56 Å². The summed E-state index contributed by atoms with van der Waals surface area (Å²) in [6, 6.07) is 2.17. The molecule has 0 aromatic carbocycles. The minimum atomic E-state index is -4.26. The molecule has 0 radical (unpaired) electrons. The molecule has 0 bridgehead atoms. The average molecular weight is 177 g/mol. The molecule has 0 saturated carbocycles. The van der Waals surface area contributed by atoms with E-state index in [2.05, 4.69) is 4.98 Å². The number of aromatic amines is 1. The average Bonchev–Trinajstić information content (AvgIpc) is 1.82. The van der Waals surface area contributed by atoms with E-state index in [-0.39, 0.29) is 5.56 Å². The molecule has 12 heavy (non-hydrogen) atoms. The fraction of sp³-hybridized carbons (Fsp3) is 0.286. The van der Waals surface area contributed by atoms with Crippen LogP contribution in [0.1, 0.15) is 5.56 Å². The zero-order valence-corrected chi connectivity index (χ0v) is 5.98. The van der Waals surface area contributed by atoms with Gasteiger partial charge in [-0.05, 0) is 11.6 Å². The first-order chi connectivity index (χ1) is 5.47. The molecule has 1 aromatic rings. The van der Waals surface area contributed by atoms with Crippen LogP contribution in [-0.2, 0) is 6.42 Å². The molecule has 0 amide bonds. The summed E-state index contributed by atoms with van der Waals surface area (Å²) in [5.41, 5.74) is -0.539. The summed E-state index contributed by atoms with van der Waals surface area (Å²) >= 11 is 0. The maximum atomic E-state index is 11.8. The molecule has 2 nitrogen and oxygen atoms in total. The van der Waals surface area contributed by atoms with E-state index in [0.717, 1.165) is 6.07 Å². The van der Waals surface area contributed by atoms with Crippen LogP contribution in [0, 0.1) is 0 Å². The second-order valence-corrected chi connectivity index (χ2v) is 2.35. The molecule has 66 valence electrons. The molecular weight excluding hydrogens is 171 g/mol. The van der Waals surface area contributed by atoms with Crippen LogP contribution in [0.3, 0.4) is 0 Å². The van der Waals surface area contributed by atoms with Crippen LogP contribution in [0.25, 0.3) is 0 Å². The molecule has 0 atom stereocenters. The van der Waals surface area contributed by atoms with Gasteiger partial charge in [0.1, 0.15) is 0 Å². The summed E-state index contributed by atoms with van der Waals surface area (Å²) in [6.45, 7) is 0. The van der Waals surface area contributed by atoms with Crippen molar-refractivity contribution in [3.8, 4) is 0 Å². The molecule has 0 unspecified atom stereocenters. The maximum Gasteiger partial charge on any atom is 0.393 e. The molecule has 0 saturated heterocycles. The standard InChI is InChI=1S/C7H6F3NO/c8-7(9,10)4-5-1-2-11-6(12)3-5/h1-3H,4H2,(H,11,12). The largest absolute Gasteiger partial charge is 0.393 e. The minimum absolute atomic E-state index is 0.0220. The molecule has 1 N–H and O–H groups in total. The van der Waals surface area contributed by atoms with Gasteiger partial charge in [-0.2, -0.15) is 13.2 Å². The second-order valence-electron chi connectivity index (χ2n) is 2.35. The summed E-state index contributed by atoms with van der Waals surface area (Å²) in [7, 11) is 0. The van der Waals surface area contributed by atoms with Crippen LogP contribution in [-0.4, -0.2) is 11.2 Å². The first-order valence-corrected chi connectivity index (χ1v) is 3.22. The van der Waals surface area contributed by atoms with Gasteiger partial charge in [-0.25, -0.2) is 0 Å². The van der Waals surface area contributed by atoms with E-state index in [0.29, 0.717) is 0 Å². The molecule has 5 heteroatoms. The van der Waals surface area contributed by atoms with Gasteiger partial charge in [0.05, 0.1) is 6.42 Å². The Kier molecular flexibility index (Phi) is 2.21. The smallest absolute Gasteiger partial charge is 0.329 e. The lowest BCUT2D eigenvalue weighted by molar-refractivity contribution is -0.127. The topological polar surface area (TPSA) is 32.9 Å². The summed E-state index contributed by atoms with van der Waals surface area (Å²) in [4.78, 5) is 12.8. The number of rotatable bonds is 1. The lowest BCUT2D eigenvalue weighted by atomic mass is 10.2. The van der Waals surface area contributed by atoms with Crippen LogP contribution in [0.2, 0.25) is 0 Å². The number of aromatic nitrogens is 1. The Morgan fingerprint density at radius 3 is 2.58 bits per heavy atom. The summed E-state index contributed by atoms with van der Waals surface area (Å²) in [5.74, 6) is 0. The van der Waals surface area contributed by atoms with Gasteiger partial charge < -0.3 is 4.98 Å². The lowest BCUT2D eigenvalue weighted by Gasteiger charge is -2.04. The fourth-order valence-electron chi connectivity index (χ4n) is 0.830. The van der Waals surface area contributed by atoms with E-state index < -0.39 is 18.2 Å². The van der Waals surface area contributed by atoms with Crippen LogP contribution in [0.4, 0.5) is 13.2 Å². The van der Waals surface area contributed by atoms with Gasteiger partial charge in [0.15, 0.2) is 0 Å². The SMILES string of the molecule is O=c1cc(CC(F)(F)F)cc[nH]1. The molecule has 0 aliphatic heterocycles. The first-order valence-electron chi connectivity index (χ1n) is 3.22. The molecule has 0 aliphatic rings. The molecule has 0 spiro atoms. The number of alkyl halides is 3. The molecule has 0 fully saturated rings. The van der Waals surface area contributed by atoms with E-state index in [9.17, 15) is 18.0 Å². The van der Waals surface area contributed by atoms with Crippen molar-refractivity contribution in [3.63, 3.8) is 0 Å². The van der Waals surface area contributed by atoms with Crippen molar-refractivity contribution in [2.45, 2.75) is 12.6 Å². The van der Waals surface area contributed by atoms with Crippen molar-refractivity contribution < 1.29 is 13.2 Å². The third-order valence-electron chi connectivity index (χ3n) is 1.24. The van der Waals surface area contributed by atoms with Gasteiger partial charge in [0.2, 0.25) is 5.56 Å². The van der Waals surface area contributed by atoms with E-state index in [4.69, 9.17) is 0 Å². The molecule has 1 aromatic heterocycles. The van der Waals surface area contributed by atoms with E-state index in [1.165, 1.54) is 12.3 Å². The second kappa shape index (κ2) is 3.00. The third-order valence-corrected chi connectivity index (χ3v) is 1.24. The monoisotopic (exact) mass is 177 g/mol. The Balaban J connectivity index is 2.84. The van der Waals surface area contributed by atoms with Gasteiger partial charge >= 0.3 is 6.18 Å². The van der Waals surface area contributed by atoms with Crippen molar-refractivity contribution >= 4 is 0 Å². The molecular formula is C7H6F3NO. The Labute approximate surface area is 66.0 Å². The Hall–Kier alpha value is -1.26. The van der Waals surface area contributed by atoms with Gasteiger partial charge in [-0.3, -0.25) is 4.79 Å². The molecule has 1 rings (SSSR count). The van der Waals surface area contributed by atoms with Gasteiger partial charge in [0, 0.05) is 12.3 Å². The van der Waals surface area contributed by atoms with Gasteiger partial charge in [-0.15, -0.1) is 0 Å². The summed E-state index contributed by atoms with van der Waals surface area (Å²) < 4.78 is 35.3. The van der Waals surface area contributed by atoms with Crippen molar-refractivity contribution in [1.29, 1.82) is 0 Å². The highest BCUT2D eigenvalue weighted by atomic mass is 19.4. The Morgan fingerprint density at radius 2 is 2.08 bits per heavy atom. The quantitative estimate of drug-likeness (QED) is 0.692. The van der Waals surface area contributed by atoms with Crippen molar-refractivity contribution in [1.82, 2.24) is 4.98 Å². The number of pyridine rings is 1. The third kappa shape index (κ3) is 2.77. The van der Waals surface area contributed by atoms with E-state index >= 15 is 0 Å². The zero-order chi connectivity index (χ0) is 9.19. The van der Waals surface area contributed by atoms with Gasteiger partial charge in [0.25, 0.3) is 0 Å². The number of nitrogens with one attached hydrogen (secondary N) is 1.